The molecule has 2 aromatic heterocycles. The fraction of sp³-hybridized carbons (Fsp3) is 0.366. The van der Waals surface area contributed by atoms with Crippen LogP contribution in [0.3, 0.4) is 0 Å². The number of amides is 1. The summed E-state index contributed by atoms with van der Waals surface area (Å²) in [6.07, 6.45) is -4.20. The summed E-state index contributed by atoms with van der Waals surface area (Å²) in [5.41, 5.74) is -1.69. The van der Waals surface area contributed by atoms with Gasteiger partial charge < -0.3 is 28.9 Å². The van der Waals surface area contributed by atoms with Crippen LogP contribution < -0.4 is 19.3 Å². The molecule has 10 nitrogen and oxygen atoms in total. The summed E-state index contributed by atoms with van der Waals surface area (Å²) in [5, 5.41) is -0.0871. The Bertz CT molecular complexity index is 2170. The number of hydrogen-bond donors (Lipinski definition) is 0. The molecule has 0 radical (unpaired) electrons. The van der Waals surface area contributed by atoms with Crippen molar-refractivity contribution in [3.63, 3.8) is 0 Å². The van der Waals surface area contributed by atoms with E-state index in [4.69, 9.17) is 25.8 Å². The Labute approximate surface area is 328 Å². The maximum absolute atomic E-state index is 16.9. The van der Waals surface area contributed by atoms with E-state index in [9.17, 15) is 18.0 Å². The number of aryl methyl sites for hydroxylation is 1. The number of halogens is 5. The van der Waals surface area contributed by atoms with E-state index in [2.05, 4.69) is 15.0 Å². The highest BCUT2D eigenvalue weighted by atomic mass is 35.5. The van der Waals surface area contributed by atoms with Crippen molar-refractivity contribution in [2.75, 3.05) is 43.7 Å². The second-order valence-electron chi connectivity index (χ2n) is 14.7. The van der Waals surface area contributed by atoms with Gasteiger partial charge in [0.25, 0.3) is 0 Å². The van der Waals surface area contributed by atoms with Crippen LogP contribution in [0.1, 0.15) is 49.9 Å². The van der Waals surface area contributed by atoms with Gasteiger partial charge in [0, 0.05) is 44.2 Å². The number of pyridine rings is 1. The molecule has 0 spiro atoms. The third kappa shape index (κ3) is 8.70. The van der Waals surface area contributed by atoms with Crippen LogP contribution in [0.15, 0.2) is 67.0 Å². The molecule has 5 aromatic rings. The average molecular weight is 795 g/mol. The fourth-order valence-corrected chi connectivity index (χ4v) is 7.08. The van der Waals surface area contributed by atoms with Gasteiger partial charge in [0.15, 0.2) is 5.82 Å². The van der Waals surface area contributed by atoms with Crippen LogP contribution in [0.5, 0.6) is 11.5 Å². The third-order valence-electron chi connectivity index (χ3n) is 9.46. The molecule has 1 fully saturated rings. The minimum absolute atomic E-state index is 0.164. The lowest BCUT2D eigenvalue weighted by molar-refractivity contribution is -0.137. The van der Waals surface area contributed by atoms with Gasteiger partial charge in [0.05, 0.1) is 36.1 Å². The van der Waals surface area contributed by atoms with Crippen molar-refractivity contribution < 1.29 is 36.6 Å². The molecule has 0 N–H and O–H groups in total. The zero-order valence-corrected chi connectivity index (χ0v) is 32.9. The minimum atomic E-state index is -4.91. The topological polar surface area (TPSA) is 93.2 Å². The molecule has 1 saturated heterocycles. The summed E-state index contributed by atoms with van der Waals surface area (Å²) in [6.45, 7) is 9.98. The smallest absolute Gasteiger partial charge is 0.418 e. The number of piperazine rings is 1. The summed E-state index contributed by atoms with van der Waals surface area (Å²) in [4.78, 5) is 31.3. The van der Waals surface area contributed by atoms with Gasteiger partial charge in [-0.05, 0) is 87.7 Å². The molecule has 56 heavy (non-hydrogen) atoms. The normalized spacial score (nSPS) is 14.9. The first-order valence-corrected chi connectivity index (χ1v) is 18.3. The highest BCUT2D eigenvalue weighted by Gasteiger charge is 2.39. The number of anilines is 2. The zero-order chi connectivity index (χ0) is 40.5. The largest absolute Gasteiger partial charge is 0.497 e. The van der Waals surface area contributed by atoms with Crippen molar-refractivity contribution in [1.82, 2.24) is 19.9 Å². The molecule has 1 aliphatic heterocycles. The Kier molecular flexibility index (Phi) is 11.5. The van der Waals surface area contributed by atoms with E-state index >= 15 is 4.39 Å². The number of carbonyl (C=O) groups excluding carboxylic acids is 1. The Morgan fingerprint density at radius 1 is 0.929 bits per heavy atom. The Balaban J connectivity index is 1.44. The molecular weight excluding hydrogens is 752 g/mol. The summed E-state index contributed by atoms with van der Waals surface area (Å²) in [7, 11) is 3.11. The van der Waals surface area contributed by atoms with Gasteiger partial charge in [-0.25, -0.2) is 24.1 Å². The number of nitrogens with zero attached hydrogens (tertiary/aromatic N) is 6. The Morgan fingerprint density at radius 3 is 2.04 bits per heavy atom. The molecular formula is C41H43ClF4N6O4. The van der Waals surface area contributed by atoms with Gasteiger partial charge in [0.1, 0.15) is 40.6 Å². The first-order valence-electron chi connectivity index (χ1n) is 17.9. The minimum Gasteiger partial charge on any atom is -0.497 e. The van der Waals surface area contributed by atoms with Crippen molar-refractivity contribution in [2.45, 2.75) is 65.5 Å². The van der Waals surface area contributed by atoms with Crippen LogP contribution >= 0.6 is 11.6 Å². The molecule has 1 aliphatic rings. The van der Waals surface area contributed by atoms with Crippen molar-refractivity contribution in [3.8, 4) is 22.8 Å². The number of ether oxygens (including phenoxy) is 3. The molecule has 3 aromatic carbocycles. The second kappa shape index (κ2) is 16.0. The number of fused-ring (bicyclic) bond motifs is 1. The van der Waals surface area contributed by atoms with Crippen molar-refractivity contribution >= 4 is 40.2 Å². The molecule has 6 rings (SSSR count). The fourth-order valence-electron chi connectivity index (χ4n) is 6.80. The van der Waals surface area contributed by atoms with Crippen LogP contribution in [-0.4, -0.2) is 71.4 Å². The summed E-state index contributed by atoms with van der Waals surface area (Å²) in [6, 6.07) is 17.0. The number of carbonyl (C=O) groups is 1. The van der Waals surface area contributed by atoms with E-state index in [-0.39, 0.29) is 46.4 Å². The van der Waals surface area contributed by atoms with Gasteiger partial charge in [-0.3, -0.25) is 0 Å². The molecule has 15 heteroatoms. The molecule has 0 aliphatic carbocycles. The lowest BCUT2D eigenvalue weighted by atomic mass is 9.98. The first-order chi connectivity index (χ1) is 26.5. The van der Waals surface area contributed by atoms with Crippen LogP contribution in [0.2, 0.25) is 5.02 Å². The van der Waals surface area contributed by atoms with E-state index in [0.29, 0.717) is 37.0 Å². The monoisotopic (exact) mass is 794 g/mol. The van der Waals surface area contributed by atoms with Crippen LogP contribution in [0.25, 0.3) is 22.2 Å². The first kappa shape index (κ1) is 40.3. The number of rotatable bonds is 9. The Morgan fingerprint density at radius 2 is 1.52 bits per heavy atom. The Hall–Kier alpha value is -5.37. The molecule has 0 unspecified atom stereocenters. The van der Waals surface area contributed by atoms with Crippen molar-refractivity contribution in [3.05, 3.63) is 100 Å². The number of alkyl halides is 3. The maximum atomic E-state index is 16.9. The average Bonchev–Trinajstić information content (AvgIpc) is 3.13. The lowest BCUT2D eigenvalue weighted by Gasteiger charge is -2.41. The van der Waals surface area contributed by atoms with E-state index in [1.54, 1.807) is 64.2 Å². The van der Waals surface area contributed by atoms with Gasteiger partial charge in [-0.2, -0.15) is 13.2 Å². The highest BCUT2D eigenvalue weighted by Crippen LogP contribution is 2.45. The van der Waals surface area contributed by atoms with E-state index < -0.39 is 40.5 Å². The van der Waals surface area contributed by atoms with Crippen molar-refractivity contribution in [1.29, 1.82) is 0 Å². The lowest BCUT2D eigenvalue weighted by Crippen LogP contribution is -2.54. The zero-order valence-electron chi connectivity index (χ0n) is 32.2. The van der Waals surface area contributed by atoms with Crippen LogP contribution in [0, 0.1) is 12.7 Å². The molecule has 0 saturated carbocycles. The predicted octanol–water partition coefficient (Wildman–Crippen LogP) is 9.48. The number of methoxy groups -OCH3 is 2. The summed E-state index contributed by atoms with van der Waals surface area (Å²) < 4.78 is 78.0. The highest BCUT2D eigenvalue weighted by molar-refractivity contribution is 6.34. The second-order valence-corrected chi connectivity index (χ2v) is 15.1. The van der Waals surface area contributed by atoms with E-state index in [1.807, 2.05) is 41.0 Å². The quantitative estimate of drug-likeness (QED) is 0.135. The van der Waals surface area contributed by atoms with Crippen LogP contribution in [0.4, 0.5) is 34.0 Å². The van der Waals surface area contributed by atoms with Gasteiger partial charge in [0.2, 0.25) is 0 Å². The molecule has 3 heterocycles. The van der Waals surface area contributed by atoms with Gasteiger partial charge in [-0.1, -0.05) is 35.9 Å². The third-order valence-corrected chi connectivity index (χ3v) is 9.76. The summed E-state index contributed by atoms with van der Waals surface area (Å²) >= 11 is 6.81. The number of aromatic nitrogens is 3. The van der Waals surface area contributed by atoms with Gasteiger partial charge in [-0.15, -0.1) is 0 Å². The van der Waals surface area contributed by atoms with Crippen LogP contribution in [-0.2, 0) is 24.0 Å². The molecule has 1 atom stereocenters. The maximum Gasteiger partial charge on any atom is 0.418 e. The number of hydrogen-bond acceptors (Lipinski definition) is 9. The van der Waals surface area contributed by atoms with E-state index in [0.717, 1.165) is 17.5 Å². The number of benzene rings is 3. The van der Waals surface area contributed by atoms with E-state index in [1.165, 1.54) is 19.1 Å². The standard InChI is InChI=1S/C41H43ClF4N6O4/c1-24-18-32(51(21-26-8-12-28(54-6)13-9-26)22-27-10-14-29(55-7)15-11-27)49-37(34(24)41(44,45)46)33-31(42)19-30-36(35(33)43)47-23-48-38(30)52-17-16-50(20-25(52)2)39(53)56-40(3,4)5/h8-15,18-19,23,25H,16-17,20-22H2,1-7H3/t25-/m0/s1. The predicted molar refractivity (Wildman–Crippen MR) is 208 cm³/mol. The molecule has 1 amide bonds. The summed E-state index contributed by atoms with van der Waals surface area (Å²) in [5.74, 6) is 0.729. The van der Waals surface area contributed by atoms with Gasteiger partial charge >= 0.3 is 12.3 Å². The molecule has 296 valence electrons. The SMILES string of the molecule is COc1ccc(CN(Cc2ccc(OC)cc2)c2cc(C)c(C(F)(F)F)c(-c3c(Cl)cc4c(N5CCN(C(=O)OC(C)(C)C)C[C@@H]5C)ncnc4c3F)n2)cc1. The molecule has 0 bridgehead atoms. The van der Waals surface area contributed by atoms with Crippen molar-refractivity contribution in [2.24, 2.45) is 0 Å².